The van der Waals surface area contributed by atoms with Gasteiger partial charge in [0.2, 0.25) is 0 Å². The maximum Gasteiger partial charge on any atom is 0.173 e. The molecule has 328 valence electrons. The lowest BCUT2D eigenvalue weighted by molar-refractivity contribution is 0.216. The van der Waals surface area contributed by atoms with Crippen molar-refractivity contribution < 1.29 is 9.15 Å². The molecule has 0 bridgehead atoms. The molecule has 5 atom stereocenters. The van der Waals surface area contributed by atoms with E-state index in [-0.39, 0.29) is 12.0 Å². The summed E-state index contributed by atoms with van der Waals surface area (Å²) >= 11 is 0. The van der Waals surface area contributed by atoms with Crippen molar-refractivity contribution in [3.63, 3.8) is 0 Å². The maximum atomic E-state index is 7.12. The number of allylic oxidation sites excluding steroid dienone is 14. The van der Waals surface area contributed by atoms with Crippen LogP contribution in [-0.4, -0.2) is 6.10 Å². The molecular weight excluding hydrogens is 825 g/mol. The van der Waals surface area contributed by atoms with Crippen LogP contribution >= 0.6 is 0 Å². The van der Waals surface area contributed by atoms with Crippen molar-refractivity contribution in [1.82, 2.24) is 0 Å². The number of ether oxygens (including phenoxy) is 1. The van der Waals surface area contributed by atoms with Crippen LogP contribution in [-0.2, 0) is 11.2 Å². The van der Waals surface area contributed by atoms with Crippen LogP contribution < -0.4 is 0 Å². The van der Waals surface area contributed by atoms with E-state index in [2.05, 4.69) is 225 Å². The molecule has 1 aromatic heterocycles. The van der Waals surface area contributed by atoms with Crippen molar-refractivity contribution >= 4 is 39.0 Å². The van der Waals surface area contributed by atoms with E-state index in [1.165, 1.54) is 77.8 Å². The molecule has 0 fully saturated rings. The van der Waals surface area contributed by atoms with E-state index >= 15 is 0 Å². The molecule has 1 aliphatic heterocycles. The van der Waals surface area contributed by atoms with Crippen LogP contribution in [0.25, 0.3) is 50.1 Å². The first-order chi connectivity index (χ1) is 33.7. The van der Waals surface area contributed by atoms with Crippen molar-refractivity contribution in [2.45, 2.75) is 50.0 Å². The average Bonchev–Trinajstić information content (AvgIpc) is 4.01. The Bertz CT molecular complexity index is 3360. The highest BCUT2D eigenvalue weighted by atomic mass is 16.5. The van der Waals surface area contributed by atoms with Crippen LogP contribution in [0.2, 0.25) is 0 Å². The average molecular weight is 877 g/mol. The SMILES string of the molecule is C1=CCC(C2=CC(c3ccc(C4=CC=CC5C6=C(OC45)c4oc5c(-c7ccc(C8=CC(c9ccccc9)=CC(c9ccccc9)C8)cc7)cccc5c4CC6)cc3)CC(c3ccccc3)=C2)C=C1. The number of hydrogen-bond acceptors (Lipinski definition) is 2. The maximum absolute atomic E-state index is 7.12. The first-order valence-electron chi connectivity index (χ1n) is 24.6. The van der Waals surface area contributed by atoms with E-state index in [4.69, 9.17) is 9.15 Å². The molecule has 2 nitrogen and oxygen atoms in total. The molecular formula is C66H52O2. The number of aryl methyl sites for hydroxylation is 1. The molecule has 5 unspecified atom stereocenters. The fraction of sp³-hybridized carbons (Fsp3) is 0.152. The van der Waals surface area contributed by atoms with Crippen molar-refractivity contribution in [2.75, 3.05) is 0 Å². The molecule has 0 radical (unpaired) electrons. The third kappa shape index (κ3) is 7.36. The zero-order valence-electron chi connectivity index (χ0n) is 38.1. The highest BCUT2D eigenvalue weighted by molar-refractivity contribution is 5.98. The third-order valence-corrected chi connectivity index (χ3v) is 15.3. The predicted molar refractivity (Wildman–Crippen MR) is 281 cm³/mol. The monoisotopic (exact) mass is 876 g/mol. The zero-order valence-corrected chi connectivity index (χ0v) is 38.1. The number of benzene rings is 6. The number of furan rings is 1. The Morgan fingerprint density at radius 1 is 0.500 bits per heavy atom. The number of hydrogen-bond donors (Lipinski definition) is 0. The lowest BCUT2D eigenvalue weighted by Gasteiger charge is -2.27. The molecule has 5 aliphatic carbocycles. The van der Waals surface area contributed by atoms with Crippen LogP contribution in [0, 0.1) is 11.8 Å². The third-order valence-electron chi connectivity index (χ3n) is 15.3. The standard InChI is InChI=1S/C66H52O2/c1-5-15-43(16-6-1)51-37-52(44-17-7-2-8-18-44)40-55(39-51)47-27-31-49(32-28-47)57-23-13-25-59-61-35-36-62-60-26-14-24-58(64(60)68-66(62)65(61)67-63(57)59)50-33-29-48(30-34-50)56-41-53(45-19-9-3-10-20-45)38-54(42-56)46-21-11-4-12-22-46/h1-21,23-34,37-39,42,46,52,56,60,64H,22,35-36,40-41H2. The molecule has 6 aromatic carbocycles. The van der Waals surface area contributed by atoms with Crippen LogP contribution in [0.15, 0.2) is 240 Å². The molecule has 68 heavy (non-hydrogen) atoms. The molecule has 2 heteroatoms. The van der Waals surface area contributed by atoms with Crippen LogP contribution in [0.4, 0.5) is 0 Å². The summed E-state index contributed by atoms with van der Waals surface area (Å²) in [6, 6.07) is 57.7. The normalized spacial score (nSPS) is 22.6. The summed E-state index contributed by atoms with van der Waals surface area (Å²) in [4.78, 5) is 0. The Labute approximate surface area is 399 Å². The van der Waals surface area contributed by atoms with Crippen molar-refractivity contribution in [2.24, 2.45) is 11.8 Å². The van der Waals surface area contributed by atoms with Gasteiger partial charge in [0, 0.05) is 45.8 Å². The zero-order chi connectivity index (χ0) is 45.0. The minimum atomic E-state index is -0.0881. The summed E-state index contributed by atoms with van der Waals surface area (Å²) in [6.07, 6.45) is 30.5. The fourth-order valence-electron chi connectivity index (χ4n) is 11.8. The van der Waals surface area contributed by atoms with Crippen LogP contribution in [0.5, 0.6) is 0 Å². The van der Waals surface area contributed by atoms with E-state index in [9.17, 15) is 0 Å². The van der Waals surface area contributed by atoms with Crippen molar-refractivity contribution in [1.29, 1.82) is 0 Å². The number of fused-ring (bicyclic) bond motifs is 6. The molecule has 13 rings (SSSR count). The van der Waals surface area contributed by atoms with E-state index in [1.54, 1.807) is 0 Å². The summed E-state index contributed by atoms with van der Waals surface area (Å²) < 4.78 is 14.1. The van der Waals surface area contributed by atoms with E-state index < -0.39 is 0 Å². The lowest BCUT2D eigenvalue weighted by Crippen LogP contribution is -2.21. The van der Waals surface area contributed by atoms with Gasteiger partial charge in [0.25, 0.3) is 0 Å². The smallest absolute Gasteiger partial charge is 0.173 e. The lowest BCUT2D eigenvalue weighted by atomic mass is 9.78. The topological polar surface area (TPSA) is 22.4 Å². The minimum absolute atomic E-state index is 0.0881. The highest BCUT2D eigenvalue weighted by Crippen LogP contribution is 2.52. The molecule has 2 heterocycles. The summed E-state index contributed by atoms with van der Waals surface area (Å²) in [6.45, 7) is 0. The second-order valence-corrected chi connectivity index (χ2v) is 19.3. The fourth-order valence-corrected chi connectivity index (χ4v) is 11.8. The Kier molecular flexibility index (Phi) is 10.3. The van der Waals surface area contributed by atoms with Gasteiger partial charge in [-0.1, -0.05) is 225 Å². The molecule has 0 N–H and O–H groups in total. The number of para-hydroxylation sites is 1. The first kappa shape index (κ1) is 40.6. The van der Waals surface area contributed by atoms with Crippen molar-refractivity contribution in [3.05, 3.63) is 280 Å². The molecule has 0 saturated carbocycles. The van der Waals surface area contributed by atoms with Crippen molar-refractivity contribution in [3.8, 4) is 11.1 Å². The minimum Gasteiger partial charge on any atom is -0.481 e. The van der Waals surface area contributed by atoms with E-state index in [0.29, 0.717) is 17.8 Å². The molecule has 0 saturated heterocycles. The summed E-state index contributed by atoms with van der Waals surface area (Å²) in [7, 11) is 0. The van der Waals surface area contributed by atoms with Gasteiger partial charge in [0.05, 0.1) is 0 Å². The van der Waals surface area contributed by atoms with Crippen LogP contribution in [0.1, 0.15) is 82.2 Å². The Morgan fingerprint density at radius 2 is 1.18 bits per heavy atom. The summed E-state index contributed by atoms with van der Waals surface area (Å²) in [5.41, 5.74) is 20.3. The second kappa shape index (κ2) is 17.2. The Balaban J connectivity index is 0.764. The quantitative estimate of drug-likeness (QED) is 0.152. The van der Waals surface area contributed by atoms with E-state index in [1.807, 2.05) is 0 Å². The van der Waals surface area contributed by atoms with E-state index in [0.717, 1.165) is 60.3 Å². The first-order valence-corrected chi connectivity index (χ1v) is 24.6. The van der Waals surface area contributed by atoms with Gasteiger partial charge in [-0.25, -0.2) is 0 Å². The summed E-state index contributed by atoms with van der Waals surface area (Å²) in [5.74, 6) is 3.07. The molecule has 6 aliphatic rings. The molecule has 0 spiro atoms. The Morgan fingerprint density at radius 3 is 1.94 bits per heavy atom. The second-order valence-electron chi connectivity index (χ2n) is 19.3. The highest BCUT2D eigenvalue weighted by Gasteiger charge is 2.43. The van der Waals surface area contributed by atoms with Gasteiger partial charge in [-0.3, -0.25) is 0 Å². The van der Waals surface area contributed by atoms with Crippen LogP contribution in [0.3, 0.4) is 0 Å². The molecule has 0 amide bonds. The largest absolute Gasteiger partial charge is 0.481 e. The number of rotatable bonds is 8. The van der Waals surface area contributed by atoms with Gasteiger partial charge in [-0.05, 0) is 98.9 Å². The molecule has 7 aromatic rings. The van der Waals surface area contributed by atoms with Gasteiger partial charge < -0.3 is 9.15 Å². The summed E-state index contributed by atoms with van der Waals surface area (Å²) in [5, 5.41) is 1.19. The van der Waals surface area contributed by atoms with Gasteiger partial charge in [-0.2, -0.15) is 0 Å². The van der Waals surface area contributed by atoms with Gasteiger partial charge in [-0.15, -0.1) is 0 Å². The van der Waals surface area contributed by atoms with Gasteiger partial charge in [0.1, 0.15) is 11.7 Å². The predicted octanol–water partition coefficient (Wildman–Crippen LogP) is 16.7. The van der Waals surface area contributed by atoms with Gasteiger partial charge in [0.15, 0.2) is 11.5 Å². The van der Waals surface area contributed by atoms with Gasteiger partial charge >= 0.3 is 0 Å². The Hall–Kier alpha value is -7.68.